The van der Waals surface area contributed by atoms with Crippen molar-refractivity contribution in [3.63, 3.8) is 0 Å². The average Bonchev–Trinajstić information content (AvgIpc) is 2.35. The third kappa shape index (κ3) is 5.38. The number of Topliss-reactive ketones (excluding diaryl/α,β-unsaturated/α-hetero) is 1. The minimum atomic E-state index is -5.05. The van der Waals surface area contributed by atoms with E-state index in [2.05, 4.69) is 5.32 Å². The Bertz CT molecular complexity index is 501. The van der Waals surface area contributed by atoms with Crippen LogP contribution in [0.15, 0.2) is 40.4 Å². The summed E-state index contributed by atoms with van der Waals surface area (Å²) < 4.78 is 60.2. The molecule has 0 aliphatic carbocycles. The molecule has 1 aromatic carbocycles. The molecule has 0 aliphatic heterocycles. The van der Waals surface area contributed by atoms with Crippen molar-refractivity contribution in [1.29, 1.82) is 0 Å². The van der Waals surface area contributed by atoms with E-state index >= 15 is 0 Å². The second-order valence-corrected chi connectivity index (χ2v) is 4.84. The summed E-state index contributed by atoms with van der Waals surface area (Å²) in [6.45, 7) is 0. The molecule has 0 atom stereocenters. The maximum absolute atomic E-state index is 12.1. The zero-order chi connectivity index (χ0) is 15.3. The van der Waals surface area contributed by atoms with E-state index in [0.29, 0.717) is 28.5 Å². The standard InChI is InChI=1S/C11H7ClF5NOS/c12-8(9(19)11(15,16)17)5-18-6-1-3-7(4-2-6)20-10(13)14/h1-5,10,18H. The Morgan fingerprint density at radius 3 is 2.25 bits per heavy atom. The number of benzene rings is 1. The third-order valence-corrected chi connectivity index (χ3v) is 2.92. The van der Waals surface area contributed by atoms with E-state index in [0.717, 1.165) is 0 Å². The quantitative estimate of drug-likeness (QED) is 0.485. The number of alkyl halides is 5. The van der Waals surface area contributed by atoms with E-state index in [1.165, 1.54) is 24.3 Å². The molecule has 2 nitrogen and oxygen atoms in total. The van der Waals surface area contributed by atoms with Gasteiger partial charge < -0.3 is 5.32 Å². The van der Waals surface area contributed by atoms with Gasteiger partial charge in [0.1, 0.15) is 5.03 Å². The topological polar surface area (TPSA) is 29.1 Å². The van der Waals surface area contributed by atoms with E-state index in [1.807, 2.05) is 0 Å². The van der Waals surface area contributed by atoms with Crippen molar-refractivity contribution < 1.29 is 26.7 Å². The summed E-state index contributed by atoms with van der Waals surface area (Å²) in [4.78, 5) is 11.0. The minimum Gasteiger partial charge on any atom is -0.360 e. The van der Waals surface area contributed by atoms with Crippen molar-refractivity contribution in [2.24, 2.45) is 0 Å². The maximum atomic E-state index is 12.1. The molecule has 0 radical (unpaired) electrons. The summed E-state index contributed by atoms with van der Waals surface area (Å²) in [6, 6.07) is 5.44. The van der Waals surface area contributed by atoms with Gasteiger partial charge in [0, 0.05) is 16.8 Å². The number of hydrogen-bond donors (Lipinski definition) is 1. The number of halogens is 6. The highest BCUT2D eigenvalue weighted by atomic mass is 35.5. The van der Waals surface area contributed by atoms with Gasteiger partial charge in [-0.05, 0) is 24.3 Å². The van der Waals surface area contributed by atoms with Gasteiger partial charge in [-0.15, -0.1) is 0 Å². The zero-order valence-electron chi connectivity index (χ0n) is 9.55. The molecular formula is C11H7ClF5NOS. The number of carbonyl (C=O) groups is 1. The van der Waals surface area contributed by atoms with Crippen LogP contribution in [-0.2, 0) is 4.79 Å². The molecule has 0 unspecified atom stereocenters. The molecule has 20 heavy (non-hydrogen) atoms. The molecule has 1 aromatic rings. The van der Waals surface area contributed by atoms with E-state index in [4.69, 9.17) is 11.6 Å². The third-order valence-electron chi connectivity index (χ3n) is 1.92. The van der Waals surface area contributed by atoms with Gasteiger partial charge in [0.15, 0.2) is 0 Å². The van der Waals surface area contributed by atoms with Crippen LogP contribution in [0.3, 0.4) is 0 Å². The minimum absolute atomic E-state index is 0.298. The largest absolute Gasteiger partial charge is 0.455 e. The molecule has 0 saturated carbocycles. The number of thioether (sulfide) groups is 1. The second-order valence-electron chi connectivity index (χ2n) is 3.37. The molecule has 0 saturated heterocycles. The van der Waals surface area contributed by atoms with Crippen LogP contribution in [0.5, 0.6) is 0 Å². The van der Waals surface area contributed by atoms with Crippen LogP contribution >= 0.6 is 23.4 Å². The van der Waals surface area contributed by atoms with Crippen molar-refractivity contribution in [2.45, 2.75) is 16.8 Å². The van der Waals surface area contributed by atoms with Gasteiger partial charge in [0.25, 0.3) is 11.5 Å². The molecule has 0 bridgehead atoms. The van der Waals surface area contributed by atoms with Gasteiger partial charge in [-0.1, -0.05) is 23.4 Å². The van der Waals surface area contributed by atoms with Gasteiger partial charge in [0.2, 0.25) is 0 Å². The Kier molecular flexibility index (Phi) is 5.82. The van der Waals surface area contributed by atoms with Gasteiger partial charge >= 0.3 is 6.18 Å². The van der Waals surface area contributed by atoms with Crippen molar-refractivity contribution in [3.8, 4) is 0 Å². The molecule has 0 heterocycles. The maximum Gasteiger partial charge on any atom is 0.455 e. The number of ketones is 1. The highest BCUT2D eigenvalue weighted by molar-refractivity contribution is 7.99. The molecule has 0 fully saturated rings. The molecule has 0 amide bonds. The molecule has 9 heteroatoms. The van der Waals surface area contributed by atoms with Crippen LogP contribution in [0.1, 0.15) is 0 Å². The van der Waals surface area contributed by atoms with E-state index in [1.54, 1.807) is 0 Å². The summed E-state index contributed by atoms with van der Waals surface area (Å²) >= 11 is 5.53. The fourth-order valence-electron chi connectivity index (χ4n) is 1.08. The Morgan fingerprint density at radius 2 is 1.80 bits per heavy atom. The highest BCUT2D eigenvalue weighted by Gasteiger charge is 2.40. The van der Waals surface area contributed by atoms with Crippen molar-refractivity contribution in [3.05, 3.63) is 35.5 Å². The Hall–Kier alpha value is -1.28. The predicted octanol–water partition coefficient (Wildman–Crippen LogP) is 4.62. The second kappa shape index (κ2) is 6.94. The first-order valence-corrected chi connectivity index (χ1v) is 6.24. The monoisotopic (exact) mass is 331 g/mol. The molecule has 1 rings (SSSR count). The van der Waals surface area contributed by atoms with Crippen molar-refractivity contribution >= 4 is 34.8 Å². The predicted molar refractivity (Wildman–Crippen MR) is 66.9 cm³/mol. The average molecular weight is 332 g/mol. The van der Waals surface area contributed by atoms with Crippen molar-refractivity contribution in [2.75, 3.05) is 5.32 Å². The molecular weight excluding hydrogens is 325 g/mol. The van der Waals surface area contributed by atoms with Crippen LogP contribution in [-0.4, -0.2) is 17.7 Å². The van der Waals surface area contributed by atoms with E-state index < -0.39 is 22.7 Å². The normalized spacial score (nSPS) is 12.7. The Morgan fingerprint density at radius 1 is 1.25 bits per heavy atom. The van der Waals surface area contributed by atoms with Crippen LogP contribution in [0.25, 0.3) is 0 Å². The molecule has 0 aromatic heterocycles. The van der Waals surface area contributed by atoms with E-state index in [9.17, 15) is 26.7 Å². The first-order chi connectivity index (χ1) is 9.20. The molecule has 0 aliphatic rings. The number of hydrogen-bond acceptors (Lipinski definition) is 3. The van der Waals surface area contributed by atoms with Crippen molar-refractivity contribution in [1.82, 2.24) is 0 Å². The van der Waals surface area contributed by atoms with Crippen LogP contribution in [0.4, 0.5) is 27.6 Å². The lowest BCUT2D eigenvalue weighted by Crippen LogP contribution is -2.23. The fourth-order valence-corrected chi connectivity index (χ4v) is 1.74. The lowest BCUT2D eigenvalue weighted by atomic mass is 10.3. The summed E-state index contributed by atoms with van der Waals surface area (Å²) in [5, 5.41) is 1.34. The smallest absolute Gasteiger partial charge is 0.360 e. The number of allylic oxidation sites excluding steroid dienone is 1. The number of rotatable bonds is 5. The van der Waals surface area contributed by atoms with Crippen LogP contribution in [0, 0.1) is 0 Å². The number of nitrogens with one attached hydrogen (secondary N) is 1. The summed E-state index contributed by atoms with van der Waals surface area (Å²) in [6.07, 6.45) is -4.36. The number of anilines is 1. The Balaban J connectivity index is 2.68. The lowest BCUT2D eigenvalue weighted by molar-refractivity contribution is -0.165. The summed E-state index contributed by atoms with van der Waals surface area (Å²) in [5.74, 6) is -4.73. The van der Waals surface area contributed by atoms with E-state index in [-0.39, 0.29) is 0 Å². The van der Waals surface area contributed by atoms with Crippen LogP contribution in [0.2, 0.25) is 0 Å². The number of carbonyl (C=O) groups excluding carboxylic acids is 1. The van der Waals surface area contributed by atoms with Gasteiger partial charge in [-0.3, -0.25) is 4.79 Å². The highest BCUT2D eigenvalue weighted by Crippen LogP contribution is 2.26. The first kappa shape index (κ1) is 16.8. The molecule has 0 spiro atoms. The fraction of sp³-hybridized carbons (Fsp3) is 0.182. The Labute approximate surface area is 120 Å². The first-order valence-electron chi connectivity index (χ1n) is 4.99. The lowest BCUT2D eigenvalue weighted by Gasteiger charge is -2.06. The SMILES string of the molecule is O=C(C(Cl)=CNc1ccc(SC(F)F)cc1)C(F)(F)F. The summed E-state index contributed by atoms with van der Waals surface area (Å²) in [7, 11) is 0. The van der Waals surface area contributed by atoms with Gasteiger partial charge in [-0.25, -0.2) is 0 Å². The van der Waals surface area contributed by atoms with Gasteiger partial charge in [-0.2, -0.15) is 22.0 Å². The van der Waals surface area contributed by atoms with Crippen LogP contribution < -0.4 is 5.32 Å². The zero-order valence-corrected chi connectivity index (χ0v) is 11.1. The summed E-state index contributed by atoms with van der Waals surface area (Å²) in [5.41, 5.74) is 0.303. The molecule has 1 N–H and O–H groups in total. The molecule has 110 valence electrons. The van der Waals surface area contributed by atoms with Gasteiger partial charge in [0.05, 0.1) is 0 Å².